The van der Waals surface area contributed by atoms with Crippen LogP contribution in [0.3, 0.4) is 0 Å². The van der Waals surface area contributed by atoms with Crippen molar-refractivity contribution in [1.82, 2.24) is 19.5 Å². The minimum Gasteiger partial charge on any atom is -0.388 e. The number of rotatable bonds is 6. The predicted octanol–water partition coefficient (Wildman–Crippen LogP) is 2.38. The molecule has 0 radical (unpaired) electrons. The first-order valence-corrected chi connectivity index (χ1v) is 11.3. The summed E-state index contributed by atoms with van der Waals surface area (Å²) in [6.45, 7) is 0.485. The maximum atomic E-state index is 14.4. The molecule has 3 heterocycles. The van der Waals surface area contributed by atoms with Gasteiger partial charge >= 0.3 is 0 Å². The minimum atomic E-state index is -1.11. The molecule has 2 aromatic heterocycles. The first-order valence-electron chi connectivity index (χ1n) is 11.3. The van der Waals surface area contributed by atoms with Crippen molar-refractivity contribution in [2.45, 2.75) is 43.9 Å². The molecule has 1 amide bonds. The summed E-state index contributed by atoms with van der Waals surface area (Å²) >= 11 is 0. The molecule has 2 atom stereocenters. The number of benzene rings is 1. The highest BCUT2D eigenvalue weighted by Gasteiger charge is 2.31. The SMILES string of the molecule is NC(=O)[C@H]1CC[C@H](n2c(Nc3c(F)cc(F)cc3F)nc3cnc(NC4COCC4O)nc32)CC1. The number of aliphatic hydroxyl groups is 1. The van der Waals surface area contributed by atoms with Gasteiger partial charge in [0.1, 0.15) is 17.0 Å². The van der Waals surface area contributed by atoms with E-state index in [0.29, 0.717) is 49.0 Å². The normalized spacial score (nSPS) is 24.6. The molecular weight excluding hydrogens is 467 g/mol. The topological polar surface area (TPSA) is 140 Å². The van der Waals surface area contributed by atoms with Crippen molar-refractivity contribution in [1.29, 1.82) is 0 Å². The average Bonchev–Trinajstić information content (AvgIpc) is 3.38. The molecule has 35 heavy (non-hydrogen) atoms. The monoisotopic (exact) mass is 491 g/mol. The second-order valence-corrected chi connectivity index (χ2v) is 8.84. The van der Waals surface area contributed by atoms with Gasteiger partial charge in [-0.1, -0.05) is 0 Å². The number of aliphatic hydroxyl groups excluding tert-OH is 1. The average molecular weight is 491 g/mol. The highest BCUT2D eigenvalue weighted by Crippen LogP contribution is 2.37. The van der Waals surface area contributed by atoms with E-state index in [1.54, 1.807) is 4.57 Å². The van der Waals surface area contributed by atoms with E-state index in [-0.39, 0.29) is 43.0 Å². The first kappa shape index (κ1) is 23.3. The zero-order valence-electron chi connectivity index (χ0n) is 18.5. The molecule has 13 heteroatoms. The summed E-state index contributed by atoms with van der Waals surface area (Å²) in [5.41, 5.74) is 5.67. The highest BCUT2D eigenvalue weighted by molar-refractivity contribution is 5.78. The van der Waals surface area contributed by atoms with Crippen LogP contribution in [-0.4, -0.2) is 55.9 Å². The largest absolute Gasteiger partial charge is 0.388 e. The standard InChI is InChI=1S/C22H24F3N7O3/c23-11-5-13(24)18(14(25)6-11)30-22-29-15-7-27-21(28-16-8-35-9-17(16)33)31-20(15)32(22)12-3-1-10(2-4-12)19(26)34/h5-7,10,12,16-17,33H,1-4,8-9H2,(H2,26,34)(H,29,30)(H,27,28,31)/t10-,12-,16?,17?. The van der Waals surface area contributed by atoms with Crippen LogP contribution >= 0.6 is 0 Å². The molecule has 2 aliphatic rings. The molecule has 10 nitrogen and oxygen atoms in total. The van der Waals surface area contributed by atoms with Gasteiger partial charge in [-0.2, -0.15) is 4.98 Å². The maximum absolute atomic E-state index is 14.4. The van der Waals surface area contributed by atoms with Crippen LogP contribution in [0.4, 0.5) is 30.8 Å². The summed E-state index contributed by atoms with van der Waals surface area (Å²) in [6.07, 6.45) is 2.94. The van der Waals surface area contributed by atoms with Crippen molar-refractivity contribution in [2.75, 3.05) is 23.8 Å². The zero-order chi connectivity index (χ0) is 24.7. The van der Waals surface area contributed by atoms with Crippen molar-refractivity contribution < 1.29 is 27.8 Å². The Kier molecular flexibility index (Phi) is 6.19. The van der Waals surface area contributed by atoms with E-state index in [4.69, 9.17) is 10.5 Å². The summed E-state index contributed by atoms with van der Waals surface area (Å²) in [5.74, 6) is -3.54. The van der Waals surface area contributed by atoms with Crippen LogP contribution in [0.1, 0.15) is 31.7 Å². The van der Waals surface area contributed by atoms with Crippen LogP contribution in [0.2, 0.25) is 0 Å². The molecule has 0 bridgehead atoms. The molecule has 2 fully saturated rings. The van der Waals surface area contributed by atoms with E-state index in [1.165, 1.54) is 6.20 Å². The number of carbonyl (C=O) groups excluding carboxylic acids is 1. The Morgan fingerprint density at radius 3 is 2.46 bits per heavy atom. The Morgan fingerprint density at radius 1 is 1.11 bits per heavy atom. The molecule has 1 saturated heterocycles. The molecule has 1 aliphatic heterocycles. The Morgan fingerprint density at radius 2 is 1.83 bits per heavy atom. The Bertz CT molecular complexity index is 1240. The number of hydrogen-bond acceptors (Lipinski definition) is 8. The first-order chi connectivity index (χ1) is 16.8. The number of nitrogens with zero attached hydrogens (tertiary/aromatic N) is 4. The van der Waals surface area contributed by atoms with Gasteiger partial charge in [0.2, 0.25) is 17.8 Å². The van der Waals surface area contributed by atoms with Crippen LogP contribution < -0.4 is 16.4 Å². The van der Waals surface area contributed by atoms with E-state index in [2.05, 4.69) is 25.6 Å². The number of anilines is 3. The molecule has 1 aliphatic carbocycles. The van der Waals surface area contributed by atoms with Crippen LogP contribution in [0.15, 0.2) is 18.3 Å². The van der Waals surface area contributed by atoms with Crippen LogP contribution in [0, 0.1) is 23.4 Å². The van der Waals surface area contributed by atoms with Gasteiger partial charge in [0, 0.05) is 24.1 Å². The van der Waals surface area contributed by atoms with Crippen molar-refractivity contribution in [3.05, 3.63) is 35.8 Å². The molecule has 0 spiro atoms. The quantitative estimate of drug-likeness (QED) is 0.412. The third-order valence-electron chi connectivity index (χ3n) is 6.51. The maximum Gasteiger partial charge on any atom is 0.225 e. The number of halogens is 3. The third-order valence-corrected chi connectivity index (χ3v) is 6.51. The molecule has 5 rings (SSSR count). The number of imidazole rings is 1. The number of hydrogen-bond donors (Lipinski definition) is 4. The number of nitrogens with two attached hydrogens (primary N) is 1. The van der Waals surface area contributed by atoms with Gasteiger partial charge in [-0.3, -0.25) is 9.36 Å². The predicted molar refractivity (Wildman–Crippen MR) is 119 cm³/mol. The Labute approximate surface area is 197 Å². The van der Waals surface area contributed by atoms with Gasteiger partial charge in [-0.05, 0) is 25.7 Å². The fraction of sp³-hybridized carbons (Fsp3) is 0.455. The van der Waals surface area contributed by atoms with Crippen LogP contribution in [0.25, 0.3) is 11.2 Å². The highest BCUT2D eigenvalue weighted by atomic mass is 19.1. The third kappa shape index (κ3) is 4.60. The van der Waals surface area contributed by atoms with E-state index < -0.39 is 35.3 Å². The van der Waals surface area contributed by atoms with E-state index in [9.17, 15) is 23.1 Å². The van der Waals surface area contributed by atoms with Gasteiger partial charge < -0.3 is 26.2 Å². The lowest BCUT2D eigenvalue weighted by molar-refractivity contribution is -0.122. The number of amides is 1. The number of nitrogens with one attached hydrogen (secondary N) is 2. The molecule has 5 N–H and O–H groups in total. The lowest BCUT2D eigenvalue weighted by Gasteiger charge is -2.29. The van der Waals surface area contributed by atoms with E-state index in [1.807, 2.05) is 0 Å². The van der Waals surface area contributed by atoms with Crippen molar-refractivity contribution in [2.24, 2.45) is 11.7 Å². The summed E-state index contributed by atoms with van der Waals surface area (Å²) in [4.78, 5) is 24.9. The fourth-order valence-corrected chi connectivity index (χ4v) is 4.63. The Balaban J connectivity index is 1.54. The van der Waals surface area contributed by atoms with E-state index >= 15 is 0 Å². The van der Waals surface area contributed by atoms with Gasteiger partial charge in [0.15, 0.2) is 17.3 Å². The van der Waals surface area contributed by atoms with E-state index in [0.717, 1.165) is 0 Å². The second kappa shape index (κ2) is 9.30. The summed E-state index contributed by atoms with van der Waals surface area (Å²) < 4.78 is 49.1. The van der Waals surface area contributed by atoms with Crippen molar-refractivity contribution >= 4 is 34.7 Å². The second-order valence-electron chi connectivity index (χ2n) is 8.84. The number of carbonyl (C=O) groups is 1. The molecular formula is C22H24F3N7O3. The number of aromatic nitrogens is 4. The van der Waals surface area contributed by atoms with Crippen molar-refractivity contribution in [3.63, 3.8) is 0 Å². The molecule has 186 valence electrons. The minimum absolute atomic E-state index is 0.0996. The van der Waals surface area contributed by atoms with Gasteiger partial charge in [-0.15, -0.1) is 0 Å². The van der Waals surface area contributed by atoms with Gasteiger partial charge in [0.05, 0.1) is 31.6 Å². The number of primary amides is 1. The smallest absolute Gasteiger partial charge is 0.225 e. The fourth-order valence-electron chi connectivity index (χ4n) is 4.63. The van der Waals surface area contributed by atoms with Crippen LogP contribution in [0.5, 0.6) is 0 Å². The summed E-state index contributed by atoms with van der Waals surface area (Å²) in [5, 5.41) is 15.7. The summed E-state index contributed by atoms with van der Waals surface area (Å²) in [6, 6.07) is 0.559. The molecule has 1 saturated carbocycles. The molecule has 2 unspecified atom stereocenters. The number of fused-ring (bicyclic) bond motifs is 1. The lowest BCUT2D eigenvalue weighted by Crippen LogP contribution is -2.32. The summed E-state index contributed by atoms with van der Waals surface area (Å²) in [7, 11) is 0. The molecule has 1 aromatic carbocycles. The van der Waals surface area contributed by atoms with Crippen LogP contribution in [-0.2, 0) is 9.53 Å². The number of ether oxygens (including phenoxy) is 1. The molecule has 3 aromatic rings. The van der Waals surface area contributed by atoms with Crippen molar-refractivity contribution in [3.8, 4) is 0 Å². The zero-order valence-corrected chi connectivity index (χ0v) is 18.5. The van der Waals surface area contributed by atoms with Gasteiger partial charge in [0.25, 0.3) is 0 Å². The lowest BCUT2D eigenvalue weighted by atomic mass is 9.85. The Hall–Kier alpha value is -3.45. The van der Waals surface area contributed by atoms with Gasteiger partial charge in [-0.25, -0.2) is 23.1 Å².